The van der Waals surface area contributed by atoms with E-state index in [9.17, 15) is 4.79 Å². The summed E-state index contributed by atoms with van der Waals surface area (Å²) in [6.07, 6.45) is 2.18. The molecule has 0 aromatic carbocycles. The van der Waals surface area contributed by atoms with Gasteiger partial charge in [-0.15, -0.1) is 0 Å². The summed E-state index contributed by atoms with van der Waals surface area (Å²) in [4.78, 5) is 24.6. The summed E-state index contributed by atoms with van der Waals surface area (Å²) < 4.78 is 5.45. The molecule has 26 heavy (non-hydrogen) atoms. The lowest BCUT2D eigenvalue weighted by molar-refractivity contribution is 0.0238. The average Bonchev–Trinajstić information content (AvgIpc) is 3.23. The van der Waals surface area contributed by atoms with Crippen molar-refractivity contribution in [2.75, 3.05) is 30.8 Å². The van der Waals surface area contributed by atoms with E-state index in [1.54, 1.807) is 18.1 Å². The van der Waals surface area contributed by atoms with E-state index in [1.165, 1.54) is 0 Å². The minimum absolute atomic E-state index is 0.0524. The van der Waals surface area contributed by atoms with Crippen molar-refractivity contribution in [3.05, 3.63) is 18.3 Å². The van der Waals surface area contributed by atoms with Gasteiger partial charge in [0.15, 0.2) is 0 Å². The van der Waals surface area contributed by atoms with E-state index in [0.29, 0.717) is 12.2 Å². The van der Waals surface area contributed by atoms with E-state index in [2.05, 4.69) is 25.1 Å². The van der Waals surface area contributed by atoms with Crippen molar-refractivity contribution in [3.63, 3.8) is 0 Å². The molecule has 2 aromatic heterocycles. The van der Waals surface area contributed by atoms with Gasteiger partial charge in [-0.3, -0.25) is 5.10 Å². The molecule has 2 aromatic rings. The number of ether oxygens (including phenoxy) is 1. The number of aromatic nitrogens is 4. The number of hydrogen-bond donors (Lipinski definition) is 2. The van der Waals surface area contributed by atoms with Crippen molar-refractivity contribution < 1.29 is 9.53 Å². The number of nitrogen functional groups attached to an aromatic ring is 1. The lowest BCUT2D eigenvalue weighted by Crippen LogP contribution is -2.42. The third-order valence-corrected chi connectivity index (χ3v) is 4.22. The average molecular weight is 359 g/mol. The normalized spacial score (nSPS) is 17.4. The Morgan fingerprint density at radius 3 is 2.85 bits per heavy atom. The maximum absolute atomic E-state index is 12.3. The van der Waals surface area contributed by atoms with Crippen LogP contribution in [-0.2, 0) is 4.74 Å². The van der Waals surface area contributed by atoms with Crippen molar-refractivity contribution >= 4 is 17.9 Å². The highest BCUT2D eigenvalue weighted by Gasteiger charge is 2.31. The Balaban J connectivity index is 1.72. The quantitative estimate of drug-likeness (QED) is 0.860. The Kier molecular flexibility index (Phi) is 4.71. The number of anilines is 2. The number of aromatic amines is 1. The zero-order valence-electron chi connectivity index (χ0n) is 15.6. The van der Waals surface area contributed by atoms with Crippen LogP contribution in [0.3, 0.4) is 0 Å². The van der Waals surface area contributed by atoms with Crippen molar-refractivity contribution in [2.45, 2.75) is 38.8 Å². The Bertz CT molecular complexity index is 770. The molecule has 0 spiro atoms. The third kappa shape index (κ3) is 4.04. The Morgan fingerprint density at radius 2 is 2.19 bits per heavy atom. The van der Waals surface area contributed by atoms with Crippen LogP contribution in [0, 0.1) is 0 Å². The van der Waals surface area contributed by atoms with Crippen molar-refractivity contribution in [3.8, 4) is 11.4 Å². The van der Waals surface area contributed by atoms with Gasteiger partial charge in [0.2, 0.25) is 5.95 Å². The molecular formula is C17H25N7O2. The number of amides is 1. The lowest BCUT2D eigenvalue weighted by Gasteiger charge is -2.28. The van der Waals surface area contributed by atoms with Crippen LogP contribution >= 0.6 is 0 Å². The number of rotatable bonds is 3. The molecule has 3 heterocycles. The molecule has 1 amide bonds. The summed E-state index contributed by atoms with van der Waals surface area (Å²) in [6.45, 7) is 7.02. The summed E-state index contributed by atoms with van der Waals surface area (Å²) in [7, 11) is 1.77. The van der Waals surface area contributed by atoms with Crippen LogP contribution in [0.1, 0.15) is 27.2 Å². The molecule has 9 nitrogen and oxygen atoms in total. The van der Waals surface area contributed by atoms with Crippen LogP contribution < -0.4 is 10.6 Å². The summed E-state index contributed by atoms with van der Waals surface area (Å²) in [5.41, 5.74) is 6.84. The van der Waals surface area contributed by atoms with Gasteiger partial charge < -0.3 is 20.3 Å². The van der Waals surface area contributed by atoms with E-state index in [4.69, 9.17) is 10.5 Å². The van der Waals surface area contributed by atoms with Gasteiger partial charge in [0.25, 0.3) is 0 Å². The standard InChI is InChI=1S/C17H25N7O2/c1-17(2,3)26-16(25)23(4)11-6-8-24(10-11)14-9-13(20-15(18)21-14)12-5-7-19-22-12/h5,7,9,11H,6,8,10H2,1-4H3,(H,19,22)(H2,18,20,21)/t11-/m1/s1. The Hall–Kier alpha value is -2.84. The van der Waals surface area contributed by atoms with Gasteiger partial charge in [0, 0.05) is 32.4 Å². The molecule has 3 N–H and O–H groups in total. The highest BCUT2D eigenvalue weighted by atomic mass is 16.6. The molecule has 1 aliphatic rings. The second-order valence-electron chi connectivity index (χ2n) is 7.42. The lowest BCUT2D eigenvalue weighted by atomic mass is 10.2. The van der Waals surface area contributed by atoms with E-state index >= 15 is 0 Å². The van der Waals surface area contributed by atoms with Crippen LogP contribution in [-0.4, -0.2) is 62.9 Å². The summed E-state index contributed by atoms with van der Waals surface area (Å²) in [6, 6.07) is 3.76. The first-order valence-corrected chi connectivity index (χ1v) is 8.58. The summed E-state index contributed by atoms with van der Waals surface area (Å²) in [5, 5.41) is 6.82. The van der Waals surface area contributed by atoms with E-state index in [0.717, 1.165) is 24.5 Å². The number of nitrogens with zero attached hydrogens (tertiary/aromatic N) is 5. The second kappa shape index (κ2) is 6.81. The van der Waals surface area contributed by atoms with Crippen LogP contribution in [0.25, 0.3) is 11.4 Å². The zero-order valence-corrected chi connectivity index (χ0v) is 15.6. The van der Waals surface area contributed by atoms with Crippen LogP contribution in [0.5, 0.6) is 0 Å². The highest BCUT2D eigenvalue weighted by molar-refractivity contribution is 5.68. The maximum atomic E-state index is 12.3. The first-order chi connectivity index (χ1) is 12.2. The molecule has 0 saturated carbocycles. The highest BCUT2D eigenvalue weighted by Crippen LogP contribution is 2.26. The van der Waals surface area contributed by atoms with Gasteiger partial charge in [-0.05, 0) is 33.3 Å². The number of H-pyrrole nitrogens is 1. The first-order valence-electron chi connectivity index (χ1n) is 8.58. The zero-order chi connectivity index (χ0) is 18.9. The van der Waals surface area contributed by atoms with Gasteiger partial charge >= 0.3 is 6.09 Å². The maximum Gasteiger partial charge on any atom is 0.410 e. The fourth-order valence-corrected chi connectivity index (χ4v) is 2.90. The minimum Gasteiger partial charge on any atom is -0.444 e. The first kappa shape index (κ1) is 18.0. The molecule has 1 saturated heterocycles. The largest absolute Gasteiger partial charge is 0.444 e. The Morgan fingerprint density at radius 1 is 1.42 bits per heavy atom. The van der Waals surface area contributed by atoms with Gasteiger partial charge in [-0.2, -0.15) is 10.1 Å². The van der Waals surface area contributed by atoms with Crippen molar-refractivity contribution in [2.24, 2.45) is 0 Å². The van der Waals surface area contributed by atoms with Crippen LogP contribution in [0.2, 0.25) is 0 Å². The predicted molar refractivity (Wildman–Crippen MR) is 98.6 cm³/mol. The number of carbonyl (C=O) groups is 1. The van der Waals surface area contributed by atoms with Gasteiger partial charge in [0.1, 0.15) is 11.4 Å². The molecule has 140 valence electrons. The van der Waals surface area contributed by atoms with Gasteiger partial charge in [-0.25, -0.2) is 9.78 Å². The molecule has 0 bridgehead atoms. The molecule has 9 heteroatoms. The number of likely N-dealkylation sites (N-methyl/N-ethyl adjacent to an activating group) is 1. The van der Waals surface area contributed by atoms with Crippen LogP contribution in [0.15, 0.2) is 18.3 Å². The van der Waals surface area contributed by atoms with E-state index < -0.39 is 5.60 Å². The fraction of sp³-hybridized carbons (Fsp3) is 0.529. The molecule has 1 fully saturated rings. The van der Waals surface area contributed by atoms with Gasteiger partial charge in [0.05, 0.1) is 17.4 Å². The molecule has 0 aliphatic carbocycles. The molecule has 0 radical (unpaired) electrons. The second-order valence-corrected chi connectivity index (χ2v) is 7.42. The molecule has 1 aliphatic heterocycles. The van der Waals surface area contributed by atoms with E-state index in [1.807, 2.05) is 32.9 Å². The molecule has 3 rings (SSSR count). The Labute approximate surface area is 152 Å². The SMILES string of the molecule is CN(C(=O)OC(C)(C)C)[C@@H]1CCN(c2cc(-c3ccn[nH]3)nc(N)n2)C1. The minimum atomic E-state index is -0.510. The third-order valence-electron chi connectivity index (χ3n) is 4.22. The molecule has 0 unspecified atom stereocenters. The summed E-state index contributed by atoms with van der Waals surface area (Å²) >= 11 is 0. The van der Waals surface area contributed by atoms with Crippen LogP contribution in [0.4, 0.5) is 16.6 Å². The number of nitrogens with one attached hydrogen (secondary N) is 1. The molecule has 1 atom stereocenters. The number of carbonyl (C=O) groups excluding carboxylic acids is 1. The summed E-state index contributed by atoms with van der Waals surface area (Å²) in [5.74, 6) is 0.943. The monoisotopic (exact) mass is 359 g/mol. The fourth-order valence-electron chi connectivity index (χ4n) is 2.90. The topological polar surface area (TPSA) is 113 Å². The van der Waals surface area contributed by atoms with Crippen molar-refractivity contribution in [1.82, 2.24) is 25.1 Å². The number of hydrogen-bond acceptors (Lipinski definition) is 7. The smallest absolute Gasteiger partial charge is 0.410 e. The predicted octanol–water partition coefficient (Wildman–Crippen LogP) is 1.89. The van der Waals surface area contributed by atoms with E-state index in [-0.39, 0.29) is 18.1 Å². The molecular weight excluding hydrogens is 334 g/mol. The van der Waals surface area contributed by atoms with Crippen molar-refractivity contribution in [1.29, 1.82) is 0 Å². The van der Waals surface area contributed by atoms with Gasteiger partial charge in [-0.1, -0.05) is 0 Å². The number of nitrogens with two attached hydrogens (primary N) is 1.